The molecule has 1 saturated heterocycles. The van der Waals surface area contributed by atoms with Crippen molar-refractivity contribution in [3.63, 3.8) is 0 Å². The molecule has 13 heteroatoms. The molecule has 1 N–H and O–H groups in total. The van der Waals surface area contributed by atoms with Crippen LogP contribution >= 0.6 is 11.6 Å². The average Bonchev–Trinajstić information content (AvgIpc) is 3.50. The molecule has 0 atom stereocenters. The van der Waals surface area contributed by atoms with Crippen LogP contribution < -0.4 is 10.1 Å². The number of nitrogens with zero attached hydrogens (tertiary/aromatic N) is 3. The van der Waals surface area contributed by atoms with Gasteiger partial charge in [0.2, 0.25) is 0 Å². The van der Waals surface area contributed by atoms with E-state index in [0.29, 0.717) is 58.2 Å². The number of methoxy groups -OCH3 is 3. The van der Waals surface area contributed by atoms with E-state index in [9.17, 15) is 18.4 Å². The maximum atomic E-state index is 14.2. The highest BCUT2D eigenvalue weighted by Crippen LogP contribution is 2.45. The first-order valence-corrected chi connectivity index (χ1v) is 14.8. The van der Waals surface area contributed by atoms with Gasteiger partial charge in [-0.15, -0.1) is 0 Å². The molecule has 0 radical (unpaired) electrons. The predicted molar refractivity (Wildman–Crippen MR) is 156 cm³/mol. The fraction of sp³-hybridized carbons (Fsp3) is 0.633. The molecule has 1 aromatic heterocycles. The molecule has 0 spiro atoms. The number of hydrogen-bond donors (Lipinski definition) is 1. The number of aromatic nitrogens is 2. The third-order valence-corrected chi connectivity index (χ3v) is 9.28. The fourth-order valence-electron chi connectivity index (χ4n) is 6.43. The second-order valence-corrected chi connectivity index (χ2v) is 12.1. The Morgan fingerprint density at radius 1 is 1.02 bits per heavy atom. The number of alkyl halides is 2. The van der Waals surface area contributed by atoms with Gasteiger partial charge in [-0.1, -0.05) is 25.4 Å². The van der Waals surface area contributed by atoms with Gasteiger partial charge in [-0.3, -0.25) is 14.3 Å². The molecule has 2 aromatic rings. The number of amides is 1. The second kappa shape index (κ2) is 13.5. The van der Waals surface area contributed by atoms with Gasteiger partial charge in [0.25, 0.3) is 5.91 Å². The number of likely N-dealkylation sites (tertiary alicyclic amines) is 1. The number of ether oxygens (including phenoxy) is 4. The first-order chi connectivity index (χ1) is 20.4. The highest BCUT2D eigenvalue weighted by Gasteiger charge is 2.51. The molecule has 4 rings (SSSR count). The van der Waals surface area contributed by atoms with Crippen molar-refractivity contribution in [2.24, 2.45) is 5.41 Å². The van der Waals surface area contributed by atoms with E-state index < -0.39 is 29.3 Å². The van der Waals surface area contributed by atoms with Crippen LogP contribution in [-0.4, -0.2) is 79.9 Å². The molecule has 0 bridgehead atoms. The normalized spacial score (nSPS) is 19.8. The molecule has 43 heavy (non-hydrogen) atoms. The number of hydrogen-bond acceptors (Lipinski definition) is 8. The van der Waals surface area contributed by atoms with Gasteiger partial charge in [0.1, 0.15) is 5.54 Å². The minimum atomic E-state index is -3.09. The quantitative estimate of drug-likeness (QED) is 0.261. The van der Waals surface area contributed by atoms with Crippen LogP contribution in [0.3, 0.4) is 0 Å². The summed E-state index contributed by atoms with van der Waals surface area (Å²) in [6.45, 7) is 2.39. The van der Waals surface area contributed by atoms with Gasteiger partial charge in [-0.25, -0.2) is 0 Å². The average molecular weight is 627 g/mol. The van der Waals surface area contributed by atoms with Gasteiger partial charge < -0.3 is 29.2 Å². The summed E-state index contributed by atoms with van der Waals surface area (Å²) < 4.78 is 49.3. The van der Waals surface area contributed by atoms with E-state index in [2.05, 4.69) is 20.1 Å². The highest BCUT2D eigenvalue weighted by molar-refractivity contribution is 6.30. The van der Waals surface area contributed by atoms with Crippen LogP contribution in [-0.2, 0) is 29.3 Å². The Morgan fingerprint density at radius 3 is 2.23 bits per heavy atom. The maximum absolute atomic E-state index is 14.2. The third kappa shape index (κ3) is 6.82. The van der Waals surface area contributed by atoms with E-state index in [1.54, 1.807) is 25.1 Å². The van der Waals surface area contributed by atoms with Gasteiger partial charge >= 0.3 is 12.6 Å². The van der Waals surface area contributed by atoms with E-state index >= 15 is 0 Å². The predicted octanol–water partition coefficient (Wildman–Crippen LogP) is 5.41. The van der Waals surface area contributed by atoms with Crippen LogP contribution in [0.25, 0.3) is 0 Å². The number of carbonyl (C=O) groups is 2. The van der Waals surface area contributed by atoms with Crippen LogP contribution in [0.4, 0.5) is 14.5 Å². The number of halogens is 3. The summed E-state index contributed by atoms with van der Waals surface area (Å²) in [5.41, 5.74) is -0.899. The molecule has 2 heterocycles. The lowest BCUT2D eigenvalue weighted by molar-refractivity contribution is -0.237. The third-order valence-electron chi connectivity index (χ3n) is 9.04. The zero-order valence-electron chi connectivity index (χ0n) is 25.3. The summed E-state index contributed by atoms with van der Waals surface area (Å²) >= 11 is 6.02. The first-order valence-electron chi connectivity index (χ1n) is 14.4. The van der Waals surface area contributed by atoms with E-state index in [0.717, 1.165) is 5.69 Å². The number of anilines is 1. The minimum Gasteiger partial charge on any atom is -0.469 e. The lowest BCUT2D eigenvalue weighted by Crippen LogP contribution is -2.57. The molecule has 2 fully saturated rings. The molecular formula is C30H41ClF2N4O6. The molecule has 10 nitrogen and oxygen atoms in total. The second-order valence-electron chi connectivity index (χ2n) is 11.7. The Morgan fingerprint density at radius 2 is 1.67 bits per heavy atom. The van der Waals surface area contributed by atoms with Crippen molar-refractivity contribution in [2.45, 2.75) is 76.2 Å². The highest BCUT2D eigenvalue weighted by atomic mass is 35.5. The van der Waals surface area contributed by atoms with Gasteiger partial charge in [-0.05, 0) is 49.8 Å². The Labute approximate surface area is 255 Å². The molecule has 1 saturated carbocycles. The van der Waals surface area contributed by atoms with Gasteiger partial charge in [0.15, 0.2) is 11.5 Å². The number of rotatable bonds is 11. The lowest BCUT2D eigenvalue weighted by atomic mass is 9.71. The van der Waals surface area contributed by atoms with Crippen LogP contribution in [0.2, 0.25) is 5.02 Å². The van der Waals surface area contributed by atoms with Crippen molar-refractivity contribution in [3.05, 3.63) is 41.2 Å². The zero-order chi connectivity index (χ0) is 31.4. The topological polar surface area (TPSA) is 104 Å². The summed E-state index contributed by atoms with van der Waals surface area (Å²) in [5.74, 6) is -1.55. The van der Waals surface area contributed by atoms with Crippen molar-refractivity contribution in [1.82, 2.24) is 14.7 Å². The fourth-order valence-corrected chi connectivity index (χ4v) is 6.59. The number of benzene rings is 1. The summed E-state index contributed by atoms with van der Waals surface area (Å²) in [4.78, 5) is 29.5. The largest absolute Gasteiger partial charge is 0.469 e. The SMILES string of the molecule is COC(=O)C1(CN2CCC(C(=O)Nc3ccc(Cl)cc3OC(F)F)(n3nccc3C(C)C)CC2)CCC(OC)(OC)CC1. The molecular weight excluding hydrogens is 586 g/mol. The van der Waals surface area contributed by atoms with Crippen molar-refractivity contribution in [3.8, 4) is 5.75 Å². The number of esters is 1. The van der Waals surface area contributed by atoms with Crippen LogP contribution in [0, 0.1) is 5.41 Å². The van der Waals surface area contributed by atoms with Crippen LogP contribution in [0.15, 0.2) is 30.5 Å². The van der Waals surface area contributed by atoms with E-state index in [1.807, 2.05) is 19.9 Å². The Balaban J connectivity index is 1.60. The van der Waals surface area contributed by atoms with Crippen molar-refractivity contribution in [1.29, 1.82) is 0 Å². The molecule has 238 valence electrons. The van der Waals surface area contributed by atoms with Crippen LogP contribution in [0.1, 0.15) is 64.0 Å². The van der Waals surface area contributed by atoms with Gasteiger partial charge in [-0.2, -0.15) is 13.9 Å². The number of nitrogens with one attached hydrogen (secondary N) is 1. The zero-order valence-corrected chi connectivity index (χ0v) is 26.1. The summed E-state index contributed by atoms with van der Waals surface area (Å²) in [7, 11) is 4.62. The maximum Gasteiger partial charge on any atom is 0.387 e. The molecule has 1 aromatic carbocycles. The van der Waals surface area contributed by atoms with Crippen LogP contribution in [0.5, 0.6) is 5.75 Å². The number of piperidine rings is 1. The molecule has 2 aliphatic rings. The standard InChI is InChI=1S/C30H41ClF2N4O6/c1-20(2)23-8-15-34-37(23)29(25(38)35-22-7-6-21(31)18-24(22)43-27(32)33)13-16-36(17-14-29)19-28(26(39)40-3)9-11-30(41-4,42-5)12-10-28/h6-8,15,18,20,27H,9-14,16-17,19H2,1-5H3,(H,35,38). The molecule has 1 aliphatic carbocycles. The van der Waals surface area contributed by atoms with Crippen molar-refractivity contribution in [2.75, 3.05) is 46.3 Å². The van der Waals surface area contributed by atoms with E-state index in [-0.39, 0.29) is 28.3 Å². The Hall–Kier alpha value is -2.80. The summed E-state index contributed by atoms with van der Waals surface area (Å²) in [6.07, 6.45) is 4.56. The first kappa shape index (κ1) is 33.1. The Kier molecular flexibility index (Phi) is 10.4. The van der Waals surface area contributed by atoms with Gasteiger partial charge in [0.05, 0.1) is 18.2 Å². The monoisotopic (exact) mass is 626 g/mol. The lowest BCUT2D eigenvalue weighted by Gasteiger charge is -2.47. The minimum absolute atomic E-state index is 0.0742. The van der Waals surface area contributed by atoms with Crippen molar-refractivity contribution < 1.29 is 37.3 Å². The van der Waals surface area contributed by atoms with Crippen molar-refractivity contribution >= 4 is 29.2 Å². The summed E-state index contributed by atoms with van der Waals surface area (Å²) in [5, 5.41) is 7.59. The molecule has 1 amide bonds. The molecule has 1 aliphatic heterocycles. The molecule has 0 unspecified atom stereocenters. The smallest absolute Gasteiger partial charge is 0.387 e. The van der Waals surface area contributed by atoms with E-state index in [4.69, 9.17) is 25.8 Å². The Bertz CT molecular complexity index is 1270. The van der Waals surface area contributed by atoms with Gasteiger partial charge in [0, 0.05) is 69.7 Å². The summed E-state index contributed by atoms with van der Waals surface area (Å²) in [6, 6.07) is 6.06. The van der Waals surface area contributed by atoms with E-state index in [1.165, 1.54) is 25.3 Å². The number of carbonyl (C=O) groups excluding carboxylic acids is 2.